The Morgan fingerprint density at radius 3 is 2.00 bits per heavy atom. The summed E-state index contributed by atoms with van der Waals surface area (Å²) in [7, 11) is 0. The van der Waals surface area contributed by atoms with E-state index in [0.29, 0.717) is 23.7 Å². The fourth-order valence-electron chi connectivity index (χ4n) is 2.00. The van der Waals surface area contributed by atoms with E-state index in [9.17, 15) is 14.4 Å². The third kappa shape index (κ3) is 8.49. The van der Waals surface area contributed by atoms with Crippen molar-refractivity contribution in [1.29, 1.82) is 0 Å². The highest BCUT2D eigenvalue weighted by molar-refractivity contribution is 7.15. The molecule has 0 amide bonds. The topological polar surface area (TPSA) is 89.9 Å². The number of ether oxygens (including phenoxy) is 2. The summed E-state index contributed by atoms with van der Waals surface area (Å²) in [6, 6.07) is 2.87. The van der Waals surface area contributed by atoms with Crippen LogP contribution in [0.5, 0.6) is 0 Å². The van der Waals surface area contributed by atoms with E-state index in [1.54, 1.807) is 6.92 Å². The van der Waals surface area contributed by atoms with Crippen molar-refractivity contribution in [3.05, 3.63) is 34.0 Å². The third-order valence-electron chi connectivity index (χ3n) is 3.37. The molecule has 0 aliphatic heterocycles. The molecule has 138 valence electrons. The summed E-state index contributed by atoms with van der Waals surface area (Å²) < 4.78 is 10.1. The second kappa shape index (κ2) is 11.4. The van der Waals surface area contributed by atoms with Crippen LogP contribution >= 0.6 is 11.3 Å². The number of aromatic carboxylic acids is 1. The lowest BCUT2D eigenvalue weighted by Crippen LogP contribution is -2.06. The van der Waals surface area contributed by atoms with Crippen LogP contribution in [0.15, 0.2) is 24.3 Å². The predicted molar refractivity (Wildman–Crippen MR) is 95.0 cm³/mol. The Kier molecular flexibility index (Phi) is 9.54. The number of carbonyl (C=O) groups excluding carboxylic acids is 2. The van der Waals surface area contributed by atoms with Gasteiger partial charge in [-0.3, -0.25) is 0 Å². The fraction of sp³-hybridized carbons (Fsp3) is 0.500. The number of hydrogen-bond acceptors (Lipinski definition) is 6. The van der Waals surface area contributed by atoms with Crippen LogP contribution in [0.3, 0.4) is 0 Å². The first-order valence-electron chi connectivity index (χ1n) is 8.24. The van der Waals surface area contributed by atoms with Gasteiger partial charge in [0.25, 0.3) is 0 Å². The van der Waals surface area contributed by atoms with Crippen LogP contribution < -0.4 is 0 Å². The molecule has 1 heterocycles. The lowest BCUT2D eigenvalue weighted by molar-refractivity contribution is -0.139. The summed E-state index contributed by atoms with van der Waals surface area (Å²) in [6.07, 6.45) is 5.59. The second-order valence-corrected chi connectivity index (χ2v) is 6.73. The van der Waals surface area contributed by atoms with Crippen molar-refractivity contribution in [1.82, 2.24) is 0 Å². The van der Waals surface area contributed by atoms with E-state index >= 15 is 0 Å². The second-order valence-electron chi connectivity index (χ2n) is 5.64. The Bertz CT molecular complexity index is 604. The Labute approximate surface area is 151 Å². The van der Waals surface area contributed by atoms with Crippen LogP contribution in [-0.4, -0.2) is 36.2 Å². The predicted octanol–water partition coefficient (Wildman–Crippen LogP) is 4.06. The van der Waals surface area contributed by atoms with Gasteiger partial charge in [-0.15, -0.1) is 11.3 Å². The summed E-state index contributed by atoms with van der Waals surface area (Å²) in [5.74, 6) is -1.86. The zero-order chi connectivity index (χ0) is 18.7. The number of carbonyl (C=O) groups is 3. The van der Waals surface area contributed by atoms with Crippen LogP contribution in [0.4, 0.5) is 0 Å². The smallest absolute Gasteiger partial charge is 0.348 e. The summed E-state index contributed by atoms with van der Waals surface area (Å²) in [5.41, 5.74) is 0.413. The molecule has 1 aromatic heterocycles. The molecule has 0 fully saturated rings. The monoisotopic (exact) mass is 368 g/mol. The maximum atomic E-state index is 11.7. The molecule has 0 saturated heterocycles. The van der Waals surface area contributed by atoms with Crippen molar-refractivity contribution in [2.45, 2.75) is 45.4 Å². The zero-order valence-corrected chi connectivity index (χ0v) is 15.2. The van der Waals surface area contributed by atoms with Crippen molar-refractivity contribution in [2.24, 2.45) is 0 Å². The third-order valence-corrected chi connectivity index (χ3v) is 4.42. The van der Waals surface area contributed by atoms with Crippen molar-refractivity contribution < 1.29 is 29.0 Å². The quantitative estimate of drug-likeness (QED) is 0.340. The highest BCUT2D eigenvalue weighted by Gasteiger charge is 2.13. The molecule has 0 radical (unpaired) electrons. The van der Waals surface area contributed by atoms with Gasteiger partial charge < -0.3 is 14.6 Å². The van der Waals surface area contributed by atoms with Gasteiger partial charge in [-0.05, 0) is 31.9 Å². The van der Waals surface area contributed by atoms with E-state index in [0.717, 1.165) is 49.9 Å². The molecule has 25 heavy (non-hydrogen) atoms. The van der Waals surface area contributed by atoms with Gasteiger partial charge in [-0.2, -0.15) is 0 Å². The first-order valence-corrected chi connectivity index (χ1v) is 9.06. The van der Waals surface area contributed by atoms with E-state index in [4.69, 9.17) is 14.6 Å². The number of rotatable bonds is 12. The van der Waals surface area contributed by atoms with Crippen molar-refractivity contribution >= 4 is 29.2 Å². The molecular formula is C18H24O6S. The number of unbranched alkanes of at least 4 members (excludes halogenated alkanes) is 5. The minimum absolute atomic E-state index is 0.126. The van der Waals surface area contributed by atoms with Gasteiger partial charge in [0, 0.05) is 5.57 Å². The molecule has 0 aliphatic carbocycles. The Morgan fingerprint density at radius 1 is 0.960 bits per heavy atom. The van der Waals surface area contributed by atoms with Gasteiger partial charge in [-0.1, -0.05) is 32.3 Å². The SMILES string of the molecule is C=C(C)C(=O)OCCCCCCCCOC(=O)c1ccc(C(=O)O)s1. The number of carboxylic acid groups (broad SMARTS) is 1. The molecule has 6 nitrogen and oxygen atoms in total. The molecule has 1 N–H and O–H groups in total. The molecule has 0 aromatic carbocycles. The minimum atomic E-state index is -1.04. The molecule has 0 saturated carbocycles. The number of esters is 2. The van der Waals surface area contributed by atoms with Gasteiger partial charge in [0.15, 0.2) is 0 Å². The molecule has 0 spiro atoms. The lowest BCUT2D eigenvalue weighted by Gasteiger charge is -2.05. The molecule has 0 bridgehead atoms. The van der Waals surface area contributed by atoms with Crippen LogP contribution in [0.1, 0.15) is 64.8 Å². The highest BCUT2D eigenvalue weighted by Crippen LogP contribution is 2.17. The normalized spacial score (nSPS) is 10.3. The summed E-state index contributed by atoms with van der Waals surface area (Å²) in [4.78, 5) is 34.1. The molecule has 0 unspecified atom stereocenters. The first-order chi connectivity index (χ1) is 11.9. The van der Waals surface area contributed by atoms with Crippen molar-refractivity contribution in [3.63, 3.8) is 0 Å². The first kappa shape index (κ1) is 20.9. The Hall–Kier alpha value is -2.15. The summed E-state index contributed by atoms with van der Waals surface area (Å²) >= 11 is 0.917. The van der Waals surface area contributed by atoms with E-state index in [2.05, 4.69) is 6.58 Å². The molecule has 1 aromatic rings. The average molecular weight is 368 g/mol. The van der Waals surface area contributed by atoms with Crippen LogP contribution in [0, 0.1) is 0 Å². The number of thiophene rings is 1. The van der Waals surface area contributed by atoms with Gasteiger partial charge in [0.2, 0.25) is 0 Å². The summed E-state index contributed by atoms with van der Waals surface area (Å²) in [5, 5.41) is 8.81. The number of carboxylic acids is 1. The zero-order valence-electron chi connectivity index (χ0n) is 14.4. The van der Waals surface area contributed by atoms with E-state index in [1.807, 2.05) is 0 Å². The van der Waals surface area contributed by atoms with E-state index < -0.39 is 11.9 Å². The molecule has 0 aliphatic rings. The molecule has 1 rings (SSSR count). The van der Waals surface area contributed by atoms with Gasteiger partial charge in [0.05, 0.1) is 13.2 Å². The summed E-state index contributed by atoms with van der Waals surface area (Å²) in [6.45, 7) is 5.89. The van der Waals surface area contributed by atoms with E-state index in [1.165, 1.54) is 12.1 Å². The van der Waals surface area contributed by atoms with Crippen molar-refractivity contribution in [2.75, 3.05) is 13.2 Å². The maximum Gasteiger partial charge on any atom is 0.348 e. The van der Waals surface area contributed by atoms with Gasteiger partial charge >= 0.3 is 17.9 Å². The molecular weight excluding hydrogens is 344 g/mol. The van der Waals surface area contributed by atoms with Gasteiger partial charge in [0.1, 0.15) is 9.75 Å². The molecule has 7 heteroatoms. The number of hydrogen-bond donors (Lipinski definition) is 1. The van der Waals surface area contributed by atoms with Crippen LogP contribution in [-0.2, 0) is 14.3 Å². The average Bonchev–Trinajstić information content (AvgIpc) is 3.06. The molecule has 0 atom stereocenters. The lowest BCUT2D eigenvalue weighted by atomic mass is 10.1. The minimum Gasteiger partial charge on any atom is -0.477 e. The fourth-order valence-corrected chi connectivity index (χ4v) is 2.74. The van der Waals surface area contributed by atoms with E-state index in [-0.39, 0.29) is 10.8 Å². The van der Waals surface area contributed by atoms with Crippen molar-refractivity contribution in [3.8, 4) is 0 Å². The van der Waals surface area contributed by atoms with Gasteiger partial charge in [-0.25, -0.2) is 14.4 Å². The standard InChI is InChI=1S/C18H24O6S/c1-13(2)17(21)23-11-7-5-3-4-6-8-12-24-18(22)15-10-9-14(25-15)16(19)20/h9-10H,1,3-8,11-12H2,2H3,(H,19,20). The van der Waals surface area contributed by atoms with Crippen LogP contribution in [0.2, 0.25) is 0 Å². The largest absolute Gasteiger partial charge is 0.477 e. The Balaban J connectivity index is 1.99. The Morgan fingerprint density at radius 2 is 1.48 bits per heavy atom. The van der Waals surface area contributed by atoms with Crippen LogP contribution in [0.25, 0.3) is 0 Å². The highest BCUT2D eigenvalue weighted by atomic mass is 32.1. The maximum absolute atomic E-state index is 11.7.